The smallest absolute Gasteiger partial charge is 0.0102 e. The first kappa shape index (κ1) is 13.3. The first-order valence-electron chi connectivity index (χ1n) is 5.32. The Balaban J connectivity index is 0.000000791. The van der Waals surface area contributed by atoms with Gasteiger partial charge in [-0.25, -0.2) is 0 Å². The summed E-state index contributed by atoms with van der Waals surface area (Å²) in [7, 11) is 0. The third-order valence-electron chi connectivity index (χ3n) is 1.84. The monoisotopic (exact) mass is 208 g/mol. The first-order chi connectivity index (χ1) is 6.79. The van der Waals surface area contributed by atoms with E-state index in [1.54, 1.807) is 0 Å². The summed E-state index contributed by atoms with van der Waals surface area (Å²) in [5, 5.41) is 0. The van der Waals surface area contributed by atoms with Crippen molar-refractivity contribution < 1.29 is 0 Å². The maximum Gasteiger partial charge on any atom is -0.0102 e. The third kappa shape index (κ3) is 6.79. The van der Waals surface area contributed by atoms with Crippen LogP contribution in [0.5, 0.6) is 0 Å². The van der Waals surface area contributed by atoms with Gasteiger partial charge < -0.3 is 0 Å². The zero-order chi connectivity index (χ0) is 10.8. The van der Waals surface area contributed by atoms with E-state index < -0.39 is 0 Å². The fourth-order valence-electron chi connectivity index (χ4n) is 1.19. The lowest BCUT2D eigenvalue weighted by atomic mass is 10.1. The molecule has 0 amide bonds. The summed E-state index contributed by atoms with van der Waals surface area (Å²) >= 11 is 5.01. The zero-order valence-corrected chi connectivity index (χ0v) is 10.2. The van der Waals surface area contributed by atoms with Crippen LogP contribution in [0.4, 0.5) is 0 Å². The maximum atomic E-state index is 5.01. The summed E-state index contributed by atoms with van der Waals surface area (Å²) in [5.74, 6) is 0. The Morgan fingerprint density at radius 1 is 1.14 bits per heavy atom. The van der Waals surface area contributed by atoms with Crippen molar-refractivity contribution in [2.24, 2.45) is 0 Å². The molecule has 0 aromatic heterocycles. The van der Waals surface area contributed by atoms with Crippen molar-refractivity contribution in [1.82, 2.24) is 0 Å². The number of benzene rings is 1. The molecule has 1 aromatic carbocycles. The summed E-state index contributed by atoms with van der Waals surface area (Å²) in [6.45, 7) is 6.01. The van der Waals surface area contributed by atoms with Gasteiger partial charge in [-0.05, 0) is 36.6 Å². The molecule has 78 valence electrons. The summed E-state index contributed by atoms with van der Waals surface area (Å²) in [4.78, 5) is 1.12. The lowest BCUT2D eigenvalue weighted by Gasteiger charge is -1.99. The van der Waals surface area contributed by atoms with Crippen LogP contribution in [0.25, 0.3) is 0 Å². The molecule has 0 aliphatic carbocycles. The minimum Gasteiger partial charge on any atom is -0.0900 e. The lowest BCUT2D eigenvalue weighted by Crippen LogP contribution is -1.89. The van der Waals surface area contributed by atoms with Crippen LogP contribution in [0.3, 0.4) is 0 Å². The summed E-state index contributed by atoms with van der Waals surface area (Å²) in [6.07, 6.45) is 3.40. The van der Waals surface area contributed by atoms with Gasteiger partial charge in [-0.15, -0.1) is 0 Å². The Kier molecular flexibility index (Phi) is 8.45. The van der Waals surface area contributed by atoms with Crippen LogP contribution >= 0.6 is 12.2 Å². The van der Waals surface area contributed by atoms with Gasteiger partial charge in [0.1, 0.15) is 0 Å². The number of rotatable bonds is 4. The second-order valence-corrected chi connectivity index (χ2v) is 3.74. The van der Waals surface area contributed by atoms with E-state index in [0.717, 1.165) is 17.7 Å². The quantitative estimate of drug-likeness (QED) is 0.660. The second kappa shape index (κ2) is 8.89. The topological polar surface area (TPSA) is 0 Å². The third-order valence-corrected chi connectivity index (χ3v) is 2.04. The minimum atomic E-state index is 1.07. The van der Waals surface area contributed by atoms with Gasteiger partial charge in [0.25, 0.3) is 0 Å². The normalized spacial score (nSPS) is 8.79. The highest BCUT2D eigenvalue weighted by Crippen LogP contribution is 2.04. The highest BCUT2D eigenvalue weighted by atomic mass is 32.1. The van der Waals surface area contributed by atoms with Crippen molar-refractivity contribution >= 4 is 17.1 Å². The molecule has 0 bridgehead atoms. The number of thiocarbonyl (C=S) groups is 1. The predicted octanol–water partition coefficient (Wildman–Crippen LogP) is 4.43. The molecule has 0 N–H and O–H groups in total. The molecule has 0 aliphatic rings. The number of hydrogen-bond acceptors (Lipinski definition) is 1. The molecule has 0 heterocycles. The van der Waals surface area contributed by atoms with Gasteiger partial charge in [-0.3, -0.25) is 0 Å². The van der Waals surface area contributed by atoms with E-state index in [-0.39, 0.29) is 0 Å². The van der Waals surface area contributed by atoms with Crippen LogP contribution in [0.15, 0.2) is 30.3 Å². The van der Waals surface area contributed by atoms with Gasteiger partial charge in [0.05, 0.1) is 0 Å². The van der Waals surface area contributed by atoms with Crippen molar-refractivity contribution in [3.05, 3.63) is 35.9 Å². The SMILES string of the molecule is CC.CC(=S)CCCc1ccccc1. The van der Waals surface area contributed by atoms with Crippen molar-refractivity contribution in [3.8, 4) is 0 Å². The zero-order valence-electron chi connectivity index (χ0n) is 9.42. The average Bonchev–Trinajstić information content (AvgIpc) is 2.22. The molecular weight excluding hydrogens is 188 g/mol. The number of aryl methyl sites for hydroxylation is 1. The van der Waals surface area contributed by atoms with Crippen molar-refractivity contribution in [1.29, 1.82) is 0 Å². The van der Waals surface area contributed by atoms with Crippen LogP contribution in [0, 0.1) is 0 Å². The summed E-state index contributed by atoms with van der Waals surface area (Å²) in [5.41, 5.74) is 1.41. The molecule has 0 unspecified atom stereocenters. The molecule has 1 rings (SSSR count). The fourth-order valence-corrected chi connectivity index (χ4v) is 1.33. The van der Waals surface area contributed by atoms with E-state index >= 15 is 0 Å². The fraction of sp³-hybridized carbons (Fsp3) is 0.462. The van der Waals surface area contributed by atoms with Gasteiger partial charge in [0, 0.05) is 0 Å². The Bertz CT molecular complexity index is 239. The minimum absolute atomic E-state index is 1.07. The van der Waals surface area contributed by atoms with Gasteiger partial charge in [0.2, 0.25) is 0 Å². The largest absolute Gasteiger partial charge is 0.0900 e. The molecular formula is C13H20S. The van der Waals surface area contributed by atoms with Crippen LogP contribution in [0.1, 0.15) is 39.2 Å². The first-order valence-corrected chi connectivity index (χ1v) is 5.73. The van der Waals surface area contributed by atoms with E-state index in [1.165, 1.54) is 12.0 Å². The molecule has 0 radical (unpaired) electrons. The van der Waals surface area contributed by atoms with E-state index in [4.69, 9.17) is 12.2 Å². The van der Waals surface area contributed by atoms with Crippen molar-refractivity contribution in [2.45, 2.75) is 40.0 Å². The molecule has 14 heavy (non-hydrogen) atoms. The highest BCUT2D eigenvalue weighted by molar-refractivity contribution is 7.80. The van der Waals surface area contributed by atoms with Crippen LogP contribution < -0.4 is 0 Å². The predicted molar refractivity (Wildman–Crippen MR) is 69.0 cm³/mol. The molecule has 0 spiro atoms. The Morgan fingerprint density at radius 3 is 2.21 bits per heavy atom. The second-order valence-electron chi connectivity index (χ2n) is 3.04. The molecule has 1 heteroatoms. The summed E-state index contributed by atoms with van der Waals surface area (Å²) < 4.78 is 0. The van der Waals surface area contributed by atoms with Crippen molar-refractivity contribution in [3.63, 3.8) is 0 Å². The Morgan fingerprint density at radius 2 is 1.71 bits per heavy atom. The molecule has 1 aromatic rings. The Hall–Kier alpha value is -0.690. The van der Waals surface area contributed by atoms with E-state index in [1.807, 2.05) is 26.8 Å². The van der Waals surface area contributed by atoms with Gasteiger partial charge >= 0.3 is 0 Å². The summed E-state index contributed by atoms with van der Waals surface area (Å²) in [6, 6.07) is 10.5. The Labute approximate surface area is 93.4 Å². The van der Waals surface area contributed by atoms with Crippen molar-refractivity contribution in [2.75, 3.05) is 0 Å². The molecule has 0 nitrogen and oxygen atoms in total. The van der Waals surface area contributed by atoms with Gasteiger partial charge in [0.15, 0.2) is 0 Å². The molecule has 0 saturated heterocycles. The van der Waals surface area contributed by atoms with E-state index in [0.29, 0.717) is 0 Å². The molecule has 0 fully saturated rings. The van der Waals surface area contributed by atoms with Crippen LogP contribution in [-0.2, 0) is 6.42 Å². The van der Waals surface area contributed by atoms with E-state index in [2.05, 4.69) is 24.3 Å². The van der Waals surface area contributed by atoms with Crippen LogP contribution in [0.2, 0.25) is 0 Å². The molecule has 0 aliphatic heterocycles. The van der Waals surface area contributed by atoms with Crippen LogP contribution in [-0.4, -0.2) is 4.86 Å². The molecule has 0 saturated carbocycles. The maximum absolute atomic E-state index is 5.01. The standard InChI is InChI=1S/C11H14S.C2H6/c1-10(12)6-5-9-11-7-3-2-4-8-11;1-2/h2-4,7-8H,5-6,9H2,1H3;1-2H3. The molecule has 0 atom stereocenters. The van der Waals surface area contributed by atoms with Gasteiger partial charge in [-0.2, -0.15) is 0 Å². The average molecular weight is 208 g/mol. The highest BCUT2D eigenvalue weighted by Gasteiger charge is 1.92. The van der Waals surface area contributed by atoms with E-state index in [9.17, 15) is 0 Å². The lowest BCUT2D eigenvalue weighted by molar-refractivity contribution is 0.870. The van der Waals surface area contributed by atoms with Gasteiger partial charge in [-0.1, -0.05) is 56.4 Å². The number of hydrogen-bond donors (Lipinski definition) is 0.